The molecule has 1 N–H and O–H groups in total. The van der Waals surface area contributed by atoms with Crippen LogP contribution in [0.1, 0.15) is 56.3 Å². The summed E-state index contributed by atoms with van der Waals surface area (Å²) in [5.41, 5.74) is 1.75. The van der Waals surface area contributed by atoms with Gasteiger partial charge in [0.2, 0.25) is 11.8 Å². The van der Waals surface area contributed by atoms with E-state index in [-0.39, 0.29) is 23.8 Å². The first kappa shape index (κ1) is 17.8. The molecular weight excluding hydrogens is 320 g/mol. The van der Waals surface area contributed by atoms with Gasteiger partial charge in [0.1, 0.15) is 6.10 Å². The number of carbonyl (C=O) groups excluding carboxylic acids is 2. The number of nitrogens with zero attached hydrogens (tertiary/aromatic N) is 3. The van der Waals surface area contributed by atoms with E-state index in [2.05, 4.69) is 15.3 Å². The summed E-state index contributed by atoms with van der Waals surface area (Å²) in [5.74, 6) is 0.336. The van der Waals surface area contributed by atoms with Gasteiger partial charge in [-0.15, -0.1) is 0 Å². The fourth-order valence-electron chi connectivity index (χ4n) is 3.55. The van der Waals surface area contributed by atoms with Crippen LogP contribution >= 0.6 is 0 Å². The smallest absolute Gasteiger partial charge is 0.249 e. The first-order valence-corrected chi connectivity index (χ1v) is 9.09. The summed E-state index contributed by atoms with van der Waals surface area (Å²) in [5, 5.41) is 2.94. The van der Waals surface area contributed by atoms with Gasteiger partial charge in [-0.2, -0.15) is 0 Å². The quantitative estimate of drug-likeness (QED) is 0.890. The Hall–Kier alpha value is -2.02. The lowest BCUT2D eigenvalue weighted by Gasteiger charge is -2.31. The molecule has 3 rings (SSSR count). The van der Waals surface area contributed by atoms with E-state index in [1.807, 2.05) is 4.90 Å². The van der Waals surface area contributed by atoms with E-state index in [4.69, 9.17) is 4.74 Å². The zero-order valence-corrected chi connectivity index (χ0v) is 14.7. The molecule has 0 spiro atoms. The van der Waals surface area contributed by atoms with Crippen molar-refractivity contribution in [3.05, 3.63) is 23.8 Å². The van der Waals surface area contributed by atoms with Gasteiger partial charge in [0, 0.05) is 44.9 Å². The average Bonchev–Trinajstić information content (AvgIpc) is 2.67. The summed E-state index contributed by atoms with van der Waals surface area (Å²) in [7, 11) is 0. The number of hydrogen-bond donors (Lipinski definition) is 1. The monoisotopic (exact) mass is 346 g/mol. The van der Waals surface area contributed by atoms with Crippen molar-refractivity contribution in [1.29, 1.82) is 0 Å². The minimum Gasteiger partial charge on any atom is -0.368 e. The molecule has 0 saturated carbocycles. The Bertz CT molecular complexity index is 608. The Labute approximate surface area is 148 Å². The van der Waals surface area contributed by atoms with Crippen LogP contribution in [-0.2, 0) is 20.9 Å². The third-order valence-corrected chi connectivity index (χ3v) is 5.04. The van der Waals surface area contributed by atoms with Gasteiger partial charge < -0.3 is 15.0 Å². The summed E-state index contributed by atoms with van der Waals surface area (Å²) < 4.78 is 5.52. The Morgan fingerprint density at radius 1 is 1.20 bits per heavy atom. The van der Waals surface area contributed by atoms with Gasteiger partial charge in [-0.1, -0.05) is 0 Å². The number of amides is 2. The van der Waals surface area contributed by atoms with Crippen molar-refractivity contribution < 1.29 is 14.3 Å². The molecule has 0 bridgehead atoms. The molecule has 25 heavy (non-hydrogen) atoms. The van der Waals surface area contributed by atoms with Crippen LogP contribution in [0.25, 0.3) is 0 Å². The number of hydrogen-bond acceptors (Lipinski definition) is 5. The number of likely N-dealkylation sites (tertiary alicyclic amines) is 1. The highest BCUT2D eigenvalue weighted by Crippen LogP contribution is 2.28. The van der Waals surface area contributed by atoms with Gasteiger partial charge in [-0.05, 0) is 32.1 Å². The molecule has 2 amide bonds. The van der Waals surface area contributed by atoms with E-state index < -0.39 is 0 Å². The molecule has 2 saturated heterocycles. The second-order valence-corrected chi connectivity index (χ2v) is 6.74. The first-order valence-electron chi connectivity index (χ1n) is 9.09. The summed E-state index contributed by atoms with van der Waals surface area (Å²) >= 11 is 0. The Kier molecular flexibility index (Phi) is 5.96. The van der Waals surface area contributed by atoms with Crippen molar-refractivity contribution in [2.75, 3.05) is 19.7 Å². The highest BCUT2D eigenvalue weighted by Gasteiger charge is 2.26. The van der Waals surface area contributed by atoms with Crippen LogP contribution in [0.4, 0.5) is 0 Å². The van der Waals surface area contributed by atoms with Crippen LogP contribution in [0.5, 0.6) is 0 Å². The summed E-state index contributed by atoms with van der Waals surface area (Å²) in [4.78, 5) is 34.5. The Balaban J connectivity index is 1.59. The molecule has 3 heterocycles. The maximum atomic E-state index is 12.2. The SMILES string of the molecule is CC(=O)N1CCC(c2nccnc2CNC(=O)[C@H]2CCCCO2)CC1. The van der Waals surface area contributed by atoms with E-state index in [0.717, 1.165) is 56.6 Å². The topological polar surface area (TPSA) is 84.4 Å². The van der Waals surface area contributed by atoms with E-state index in [0.29, 0.717) is 13.2 Å². The van der Waals surface area contributed by atoms with Crippen LogP contribution in [0.15, 0.2) is 12.4 Å². The van der Waals surface area contributed by atoms with Crippen LogP contribution in [-0.4, -0.2) is 52.5 Å². The molecule has 1 aromatic rings. The third-order valence-electron chi connectivity index (χ3n) is 5.04. The summed E-state index contributed by atoms with van der Waals surface area (Å²) in [6.45, 7) is 4.13. The molecule has 7 nitrogen and oxygen atoms in total. The zero-order valence-electron chi connectivity index (χ0n) is 14.7. The number of piperidine rings is 1. The van der Waals surface area contributed by atoms with E-state index in [9.17, 15) is 9.59 Å². The van der Waals surface area contributed by atoms with Crippen molar-refractivity contribution in [3.8, 4) is 0 Å². The van der Waals surface area contributed by atoms with Crippen molar-refractivity contribution in [1.82, 2.24) is 20.2 Å². The number of rotatable bonds is 4. The minimum atomic E-state index is -0.340. The number of carbonyl (C=O) groups is 2. The van der Waals surface area contributed by atoms with E-state index in [1.54, 1.807) is 19.3 Å². The van der Waals surface area contributed by atoms with E-state index in [1.165, 1.54) is 0 Å². The van der Waals surface area contributed by atoms with E-state index >= 15 is 0 Å². The second-order valence-electron chi connectivity index (χ2n) is 6.74. The molecule has 0 radical (unpaired) electrons. The lowest BCUT2D eigenvalue weighted by molar-refractivity contribution is -0.135. The first-order chi connectivity index (χ1) is 12.1. The highest BCUT2D eigenvalue weighted by molar-refractivity contribution is 5.80. The van der Waals surface area contributed by atoms with Gasteiger partial charge in [0.25, 0.3) is 0 Å². The predicted octanol–water partition coefficient (Wildman–Crippen LogP) is 1.39. The van der Waals surface area contributed by atoms with Gasteiger partial charge in [0.05, 0.1) is 17.9 Å². The third kappa shape index (κ3) is 4.54. The Morgan fingerprint density at radius 2 is 1.96 bits per heavy atom. The van der Waals surface area contributed by atoms with Crippen molar-refractivity contribution in [2.24, 2.45) is 0 Å². The molecule has 1 atom stereocenters. The van der Waals surface area contributed by atoms with Crippen molar-refractivity contribution in [3.63, 3.8) is 0 Å². The molecule has 2 aliphatic heterocycles. The lowest BCUT2D eigenvalue weighted by Crippen LogP contribution is -2.39. The number of nitrogens with one attached hydrogen (secondary N) is 1. The second kappa shape index (κ2) is 8.38. The average molecular weight is 346 g/mol. The predicted molar refractivity (Wildman–Crippen MR) is 91.7 cm³/mol. The molecule has 1 aromatic heterocycles. The molecule has 2 fully saturated rings. The summed E-state index contributed by atoms with van der Waals surface area (Å²) in [6, 6.07) is 0. The molecule has 0 aromatic carbocycles. The maximum absolute atomic E-state index is 12.2. The lowest BCUT2D eigenvalue weighted by atomic mass is 9.92. The normalized spacial score (nSPS) is 21.8. The van der Waals surface area contributed by atoms with Crippen molar-refractivity contribution >= 4 is 11.8 Å². The standard InChI is InChI=1S/C18H26N4O3/c1-13(23)22-9-5-14(6-10-22)17-15(19-7-8-20-17)12-21-18(24)16-4-2-3-11-25-16/h7-8,14,16H,2-6,9-12H2,1H3,(H,21,24)/t16-/m1/s1. The van der Waals surface area contributed by atoms with Gasteiger partial charge in [0.15, 0.2) is 0 Å². The maximum Gasteiger partial charge on any atom is 0.249 e. The van der Waals surface area contributed by atoms with Crippen molar-refractivity contribution in [2.45, 2.75) is 57.6 Å². The number of aromatic nitrogens is 2. The molecule has 0 unspecified atom stereocenters. The molecular formula is C18H26N4O3. The molecule has 2 aliphatic rings. The summed E-state index contributed by atoms with van der Waals surface area (Å²) in [6.07, 6.45) is 7.61. The molecule has 7 heteroatoms. The van der Waals surface area contributed by atoms with Crippen LogP contribution < -0.4 is 5.32 Å². The zero-order chi connectivity index (χ0) is 17.6. The van der Waals surface area contributed by atoms with Crippen LogP contribution in [0, 0.1) is 0 Å². The molecule has 0 aliphatic carbocycles. The minimum absolute atomic E-state index is 0.0669. The fourth-order valence-corrected chi connectivity index (χ4v) is 3.55. The van der Waals surface area contributed by atoms with Crippen LogP contribution in [0.2, 0.25) is 0 Å². The van der Waals surface area contributed by atoms with Gasteiger partial charge in [-0.3, -0.25) is 19.6 Å². The van der Waals surface area contributed by atoms with Crippen LogP contribution in [0.3, 0.4) is 0 Å². The Morgan fingerprint density at radius 3 is 2.64 bits per heavy atom. The molecule has 136 valence electrons. The van der Waals surface area contributed by atoms with Gasteiger partial charge in [-0.25, -0.2) is 0 Å². The fraction of sp³-hybridized carbons (Fsp3) is 0.667. The largest absolute Gasteiger partial charge is 0.368 e. The van der Waals surface area contributed by atoms with Gasteiger partial charge >= 0.3 is 0 Å². The number of ether oxygens (including phenoxy) is 1. The highest BCUT2D eigenvalue weighted by atomic mass is 16.5.